The van der Waals surface area contributed by atoms with Gasteiger partial charge in [0.05, 0.1) is 5.60 Å². The van der Waals surface area contributed by atoms with Gasteiger partial charge in [-0.05, 0) is 99.7 Å². The highest BCUT2D eigenvalue weighted by Crippen LogP contribution is 2.66. The molecule has 0 aliphatic heterocycles. The minimum Gasteiger partial charge on any atom is -0.462 e. The number of fused-ring (bicyclic) bond motifs is 5. The molecule has 0 aromatic rings. The fraction of sp³-hybridized carbons (Fsp3) is 0.828. The maximum Gasteiger partial charge on any atom is 0.302 e. The van der Waals surface area contributed by atoms with Crippen LogP contribution in [0.15, 0.2) is 23.3 Å². The van der Waals surface area contributed by atoms with Crippen molar-refractivity contribution in [3.8, 4) is 0 Å². The number of aliphatic hydroxyl groups is 1. The Labute approximate surface area is 200 Å². The van der Waals surface area contributed by atoms with Crippen molar-refractivity contribution in [2.75, 3.05) is 0 Å². The first-order chi connectivity index (χ1) is 15.4. The predicted molar refractivity (Wildman–Crippen MR) is 130 cm³/mol. The Hall–Kier alpha value is -1.16. The van der Waals surface area contributed by atoms with E-state index in [0.29, 0.717) is 35.5 Å². The van der Waals surface area contributed by atoms with E-state index in [1.807, 2.05) is 0 Å². The van der Waals surface area contributed by atoms with Crippen LogP contribution in [0.4, 0.5) is 4.39 Å². The average molecular weight is 461 g/mol. The first-order valence-electron chi connectivity index (χ1n) is 13.3. The zero-order chi connectivity index (χ0) is 24.2. The Kier molecular flexibility index (Phi) is 6.66. The summed E-state index contributed by atoms with van der Waals surface area (Å²) < 4.78 is 20.0. The van der Waals surface area contributed by atoms with Crippen molar-refractivity contribution in [1.29, 1.82) is 0 Å². The van der Waals surface area contributed by atoms with Crippen molar-refractivity contribution in [1.82, 2.24) is 0 Å². The predicted octanol–water partition coefficient (Wildman–Crippen LogP) is 6.94. The van der Waals surface area contributed by atoms with Crippen molar-refractivity contribution in [2.24, 2.45) is 34.5 Å². The fourth-order valence-electron chi connectivity index (χ4n) is 8.24. The van der Waals surface area contributed by atoms with Crippen molar-refractivity contribution >= 4 is 5.97 Å². The number of esters is 1. The molecule has 3 saturated carbocycles. The third kappa shape index (κ3) is 4.46. The van der Waals surface area contributed by atoms with E-state index in [-0.39, 0.29) is 17.5 Å². The molecule has 3 nitrogen and oxygen atoms in total. The van der Waals surface area contributed by atoms with Crippen LogP contribution in [0, 0.1) is 34.5 Å². The molecule has 2 unspecified atom stereocenters. The second kappa shape index (κ2) is 8.81. The van der Waals surface area contributed by atoms with E-state index in [4.69, 9.17) is 4.74 Å². The summed E-state index contributed by atoms with van der Waals surface area (Å²) in [6.45, 7) is 11.9. The number of hydrogen-bond donors (Lipinski definition) is 1. The molecule has 0 amide bonds. The highest BCUT2D eigenvalue weighted by atomic mass is 19.1. The molecule has 8 atom stereocenters. The number of alkyl halides is 1. The summed E-state index contributed by atoms with van der Waals surface area (Å²) in [5.74, 6) is 2.16. The van der Waals surface area contributed by atoms with Gasteiger partial charge in [-0.15, -0.1) is 0 Å². The van der Waals surface area contributed by atoms with Crippen LogP contribution in [0.25, 0.3) is 0 Å². The van der Waals surface area contributed by atoms with Crippen LogP contribution in [0.3, 0.4) is 0 Å². The third-order valence-corrected chi connectivity index (χ3v) is 10.3. The topological polar surface area (TPSA) is 46.5 Å². The van der Waals surface area contributed by atoms with Crippen LogP contribution >= 0.6 is 0 Å². The fourth-order valence-corrected chi connectivity index (χ4v) is 8.24. The summed E-state index contributed by atoms with van der Waals surface area (Å²) in [5, 5.41) is 10.00. The van der Waals surface area contributed by atoms with E-state index < -0.39 is 11.8 Å². The molecule has 0 bridgehead atoms. The monoisotopic (exact) mass is 460 g/mol. The van der Waals surface area contributed by atoms with Crippen LogP contribution < -0.4 is 0 Å². The van der Waals surface area contributed by atoms with Gasteiger partial charge in [0.1, 0.15) is 12.3 Å². The van der Waals surface area contributed by atoms with Gasteiger partial charge in [0.2, 0.25) is 0 Å². The zero-order valence-electron chi connectivity index (χ0n) is 21.6. The normalized spacial score (nSPS) is 40.0. The number of carbonyl (C=O) groups is 1. The van der Waals surface area contributed by atoms with Crippen molar-refractivity contribution in [2.45, 2.75) is 117 Å². The summed E-state index contributed by atoms with van der Waals surface area (Å²) in [5.41, 5.74) is 2.37. The number of carbonyl (C=O) groups excluding carboxylic acids is 1. The van der Waals surface area contributed by atoms with E-state index in [1.165, 1.54) is 38.2 Å². The summed E-state index contributed by atoms with van der Waals surface area (Å²) >= 11 is 0. The number of rotatable bonds is 6. The van der Waals surface area contributed by atoms with Gasteiger partial charge in [-0.2, -0.15) is 0 Å². The lowest BCUT2D eigenvalue weighted by Gasteiger charge is -2.55. The van der Waals surface area contributed by atoms with E-state index in [1.54, 1.807) is 19.4 Å². The molecule has 4 aliphatic carbocycles. The number of allylic oxidation sites excluding steroid dienone is 3. The molecule has 3 fully saturated rings. The Bertz CT molecular complexity index is 823. The molecular weight excluding hydrogens is 415 g/mol. The molecule has 186 valence electrons. The number of ether oxygens (including phenoxy) is 1. The molecule has 4 heteroatoms. The van der Waals surface area contributed by atoms with E-state index >= 15 is 0 Å². The van der Waals surface area contributed by atoms with Crippen LogP contribution in [-0.4, -0.2) is 29.0 Å². The summed E-state index contributed by atoms with van der Waals surface area (Å²) in [4.78, 5) is 11.5. The van der Waals surface area contributed by atoms with Gasteiger partial charge in [0, 0.05) is 13.3 Å². The van der Waals surface area contributed by atoms with Crippen molar-refractivity contribution in [3.05, 3.63) is 23.3 Å². The molecule has 0 radical (unpaired) electrons. The standard InChI is InChI=1S/C29H45FO3/c1-18(7-12-26(30)27(3,4)32)23-10-11-24-22-9-8-20-17-21(33-19(2)31)13-15-28(20,5)25(22)14-16-29(23,24)6/h8-9,18,21,23-26,32H,7,10-17H2,1-6H3/t18-,21?,23-,24+,25+,26?,28+,29-/m1/s1. The Morgan fingerprint density at radius 3 is 2.55 bits per heavy atom. The molecule has 1 N–H and O–H groups in total. The van der Waals surface area contributed by atoms with Gasteiger partial charge in [-0.25, -0.2) is 4.39 Å². The number of hydrogen-bond acceptors (Lipinski definition) is 3. The summed E-state index contributed by atoms with van der Waals surface area (Å²) in [6, 6.07) is 0. The van der Waals surface area contributed by atoms with Gasteiger partial charge < -0.3 is 9.84 Å². The Morgan fingerprint density at radius 2 is 1.88 bits per heavy atom. The number of halogens is 1. The molecule has 0 heterocycles. The third-order valence-electron chi connectivity index (χ3n) is 10.3. The molecular formula is C29H45FO3. The highest BCUT2D eigenvalue weighted by molar-refractivity contribution is 5.66. The first-order valence-corrected chi connectivity index (χ1v) is 13.3. The van der Waals surface area contributed by atoms with Gasteiger partial charge >= 0.3 is 5.97 Å². The SMILES string of the molecule is CC(=O)OC1CC[C@@]2(C)C(=CC=C3[C@@H]4CC[C@H]([C@H](C)CCC(F)C(C)(C)O)[C@@]4(C)CC[C@@H]32)C1. The van der Waals surface area contributed by atoms with Crippen LogP contribution in [0.2, 0.25) is 0 Å². The van der Waals surface area contributed by atoms with Gasteiger partial charge in [-0.3, -0.25) is 4.79 Å². The smallest absolute Gasteiger partial charge is 0.302 e. The van der Waals surface area contributed by atoms with Gasteiger partial charge in [0.15, 0.2) is 0 Å². The lowest BCUT2D eigenvalue weighted by Crippen LogP contribution is -2.47. The quantitative estimate of drug-likeness (QED) is 0.437. The van der Waals surface area contributed by atoms with Crippen LogP contribution in [-0.2, 0) is 9.53 Å². The molecule has 4 rings (SSSR count). The van der Waals surface area contributed by atoms with Gasteiger partial charge in [-0.1, -0.05) is 44.1 Å². The minimum absolute atomic E-state index is 0.0329. The lowest BCUT2D eigenvalue weighted by molar-refractivity contribution is -0.148. The lowest BCUT2D eigenvalue weighted by atomic mass is 9.50. The Balaban J connectivity index is 1.49. The van der Waals surface area contributed by atoms with E-state index in [2.05, 4.69) is 32.9 Å². The van der Waals surface area contributed by atoms with E-state index in [9.17, 15) is 14.3 Å². The average Bonchev–Trinajstić information content (AvgIpc) is 3.08. The molecule has 33 heavy (non-hydrogen) atoms. The van der Waals surface area contributed by atoms with Gasteiger partial charge in [0.25, 0.3) is 0 Å². The largest absolute Gasteiger partial charge is 0.462 e. The first kappa shape index (κ1) is 24.9. The maximum absolute atomic E-state index is 14.4. The molecule has 0 saturated heterocycles. The maximum atomic E-state index is 14.4. The van der Waals surface area contributed by atoms with E-state index in [0.717, 1.165) is 25.7 Å². The molecule has 0 spiro atoms. The Morgan fingerprint density at radius 1 is 1.15 bits per heavy atom. The van der Waals surface area contributed by atoms with Crippen LogP contribution in [0.1, 0.15) is 99.3 Å². The second-order valence-electron chi connectivity index (χ2n) is 12.8. The van der Waals surface area contributed by atoms with Crippen LogP contribution in [0.5, 0.6) is 0 Å². The molecule has 4 aliphatic rings. The summed E-state index contributed by atoms with van der Waals surface area (Å²) in [6.07, 6.45) is 12.8. The second-order valence-corrected chi connectivity index (χ2v) is 12.8. The highest BCUT2D eigenvalue weighted by Gasteiger charge is 2.57. The molecule has 0 aromatic heterocycles. The van der Waals surface area contributed by atoms with Crippen molar-refractivity contribution in [3.63, 3.8) is 0 Å². The summed E-state index contributed by atoms with van der Waals surface area (Å²) in [7, 11) is 0. The molecule has 0 aromatic carbocycles. The zero-order valence-corrected chi connectivity index (χ0v) is 21.6. The van der Waals surface area contributed by atoms with Crippen molar-refractivity contribution < 1.29 is 19.0 Å². The minimum atomic E-state index is -1.25.